The average molecular weight is 316 g/mol. The van der Waals surface area contributed by atoms with Crippen LogP contribution in [0.4, 0.5) is 0 Å². The second kappa shape index (κ2) is 5.98. The first-order valence-corrected chi connectivity index (χ1v) is 8.13. The summed E-state index contributed by atoms with van der Waals surface area (Å²) in [5.41, 5.74) is 1.15. The van der Waals surface area contributed by atoms with Crippen LogP contribution in [0.1, 0.15) is 56.9 Å². The Kier molecular flexibility index (Phi) is 4.17. The van der Waals surface area contributed by atoms with Crippen molar-refractivity contribution >= 4 is 0 Å². The molecule has 2 heterocycles. The molecule has 2 N–H and O–H groups in total. The molecule has 0 bridgehead atoms. The van der Waals surface area contributed by atoms with Gasteiger partial charge in [-0.25, -0.2) is 4.98 Å². The molecule has 5 nitrogen and oxygen atoms in total. The minimum absolute atomic E-state index is 0.473. The summed E-state index contributed by atoms with van der Waals surface area (Å²) in [6.07, 6.45) is 5.83. The number of rotatable bonds is 5. The molecular weight excluding hydrogens is 292 g/mol. The quantitative estimate of drug-likeness (QED) is 0.886. The summed E-state index contributed by atoms with van der Waals surface area (Å²) in [6, 6.07) is 5.83. The lowest BCUT2D eigenvalue weighted by Gasteiger charge is -2.37. The van der Waals surface area contributed by atoms with E-state index in [4.69, 9.17) is 9.47 Å². The lowest BCUT2D eigenvalue weighted by Crippen LogP contribution is -2.38. The second-order valence-corrected chi connectivity index (χ2v) is 6.50. The maximum Gasteiger partial charge on any atom is 0.205 e. The van der Waals surface area contributed by atoms with E-state index in [9.17, 15) is 5.11 Å². The van der Waals surface area contributed by atoms with Crippen LogP contribution >= 0.6 is 0 Å². The predicted octanol–water partition coefficient (Wildman–Crippen LogP) is 3.48. The number of nitrogens with one attached hydrogen (secondary N) is 1. The summed E-state index contributed by atoms with van der Waals surface area (Å²) in [5.74, 6) is 0.00530. The molecule has 1 aromatic heterocycles. The van der Waals surface area contributed by atoms with Crippen molar-refractivity contribution in [3.05, 3.63) is 47.5 Å². The molecule has 124 valence electrons. The molecule has 0 saturated heterocycles. The molecule has 1 atom stereocenters. The number of benzene rings is 1. The fraction of sp³-hybridized carbons (Fsp3) is 0.500. The van der Waals surface area contributed by atoms with Crippen LogP contribution in [0.15, 0.2) is 30.7 Å². The average Bonchev–Trinajstić information content (AvgIpc) is 3.06. The zero-order chi connectivity index (χ0) is 16.5. The van der Waals surface area contributed by atoms with Crippen molar-refractivity contribution < 1.29 is 14.6 Å². The number of aliphatic hydroxyl groups is 1. The van der Waals surface area contributed by atoms with Crippen LogP contribution in [-0.2, 0) is 16.9 Å². The van der Waals surface area contributed by atoms with Gasteiger partial charge >= 0.3 is 0 Å². The Bertz CT molecular complexity index is 667. The van der Waals surface area contributed by atoms with Crippen molar-refractivity contribution in [2.24, 2.45) is 0 Å². The topological polar surface area (TPSA) is 67.4 Å². The van der Waals surface area contributed by atoms with Gasteiger partial charge in [0.1, 0.15) is 11.4 Å². The first kappa shape index (κ1) is 16.0. The fourth-order valence-electron chi connectivity index (χ4n) is 2.99. The van der Waals surface area contributed by atoms with Crippen LogP contribution in [0.25, 0.3) is 0 Å². The second-order valence-electron chi connectivity index (χ2n) is 6.50. The number of aromatic nitrogens is 2. The molecule has 0 spiro atoms. The van der Waals surface area contributed by atoms with E-state index in [0.717, 1.165) is 24.0 Å². The number of aromatic amines is 1. The number of hydrogen-bond donors (Lipinski definition) is 2. The molecule has 2 aromatic rings. The summed E-state index contributed by atoms with van der Waals surface area (Å²) in [5, 5.41) is 11.5. The number of para-hydroxylation sites is 1. The summed E-state index contributed by atoms with van der Waals surface area (Å²) in [7, 11) is 0. The van der Waals surface area contributed by atoms with Crippen LogP contribution in [0, 0.1) is 0 Å². The van der Waals surface area contributed by atoms with Gasteiger partial charge in [-0.05, 0) is 6.42 Å². The predicted molar refractivity (Wildman–Crippen MR) is 87.0 cm³/mol. The molecule has 0 amide bonds. The molecule has 3 rings (SSSR count). The lowest BCUT2D eigenvalue weighted by molar-refractivity contribution is -0.181. The SMILES string of the molecule is CCCCC(O)(c1c[nH]cn1)c1cccc2c1OC(C)(C)OC2. The largest absolute Gasteiger partial charge is 0.462 e. The molecule has 0 fully saturated rings. The first-order chi connectivity index (χ1) is 11.0. The summed E-state index contributed by atoms with van der Waals surface area (Å²) < 4.78 is 11.8. The summed E-state index contributed by atoms with van der Waals surface area (Å²) in [4.78, 5) is 7.25. The zero-order valence-electron chi connectivity index (χ0n) is 13.9. The van der Waals surface area contributed by atoms with E-state index >= 15 is 0 Å². The van der Waals surface area contributed by atoms with Gasteiger partial charge in [-0.1, -0.05) is 38.0 Å². The Morgan fingerprint density at radius 1 is 1.39 bits per heavy atom. The van der Waals surface area contributed by atoms with Gasteiger partial charge in [0.2, 0.25) is 5.79 Å². The monoisotopic (exact) mass is 316 g/mol. The Labute approximate surface area is 136 Å². The van der Waals surface area contributed by atoms with Gasteiger partial charge in [0.15, 0.2) is 0 Å². The summed E-state index contributed by atoms with van der Waals surface area (Å²) >= 11 is 0. The maximum atomic E-state index is 11.5. The van der Waals surface area contributed by atoms with E-state index in [1.165, 1.54) is 0 Å². The first-order valence-electron chi connectivity index (χ1n) is 8.13. The van der Waals surface area contributed by atoms with Crippen molar-refractivity contribution in [3.63, 3.8) is 0 Å². The van der Waals surface area contributed by atoms with E-state index in [0.29, 0.717) is 24.5 Å². The fourth-order valence-corrected chi connectivity index (χ4v) is 2.99. The number of imidazole rings is 1. The molecule has 0 radical (unpaired) electrons. The third-order valence-corrected chi connectivity index (χ3v) is 4.28. The van der Waals surface area contributed by atoms with E-state index in [1.54, 1.807) is 12.5 Å². The van der Waals surface area contributed by atoms with Crippen LogP contribution in [0.3, 0.4) is 0 Å². The number of hydrogen-bond acceptors (Lipinski definition) is 4. The molecule has 0 saturated carbocycles. The van der Waals surface area contributed by atoms with E-state index in [1.807, 2.05) is 32.0 Å². The van der Waals surface area contributed by atoms with Gasteiger partial charge in [-0.2, -0.15) is 0 Å². The number of unbranched alkanes of at least 4 members (excludes halogenated alkanes) is 1. The van der Waals surface area contributed by atoms with Crippen LogP contribution < -0.4 is 4.74 Å². The molecule has 0 aliphatic carbocycles. The van der Waals surface area contributed by atoms with Crippen LogP contribution in [0.5, 0.6) is 5.75 Å². The van der Waals surface area contributed by atoms with Gasteiger partial charge in [-0.15, -0.1) is 0 Å². The third-order valence-electron chi connectivity index (χ3n) is 4.28. The molecule has 23 heavy (non-hydrogen) atoms. The van der Waals surface area contributed by atoms with Gasteiger partial charge in [0.25, 0.3) is 0 Å². The molecule has 1 aromatic carbocycles. The van der Waals surface area contributed by atoms with Gasteiger partial charge in [0, 0.05) is 31.2 Å². The third kappa shape index (κ3) is 2.99. The number of nitrogens with zero attached hydrogens (tertiary/aromatic N) is 1. The number of fused-ring (bicyclic) bond motifs is 1. The van der Waals surface area contributed by atoms with Crippen molar-refractivity contribution in [3.8, 4) is 5.75 Å². The molecule has 1 aliphatic rings. The Morgan fingerprint density at radius 2 is 2.22 bits per heavy atom. The van der Waals surface area contributed by atoms with Crippen molar-refractivity contribution in [1.82, 2.24) is 9.97 Å². The van der Waals surface area contributed by atoms with Crippen molar-refractivity contribution in [2.75, 3.05) is 0 Å². The van der Waals surface area contributed by atoms with Gasteiger partial charge in [-0.3, -0.25) is 0 Å². The molecule has 1 aliphatic heterocycles. The van der Waals surface area contributed by atoms with E-state index < -0.39 is 11.4 Å². The minimum Gasteiger partial charge on any atom is -0.462 e. The normalized spacial score (nSPS) is 18.8. The Morgan fingerprint density at radius 3 is 2.91 bits per heavy atom. The standard InChI is InChI=1S/C18H24N2O3/c1-4-5-9-18(21,15-10-19-12-20-15)14-8-6-7-13-11-22-17(2,3)23-16(13)14/h6-8,10,12,21H,4-5,9,11H2,1-3H3,(H,19,20). The smallest absolute Gasteiger partial charge is 0.205 e. The lowest BCUT2D eigenvalue weighted by atomic mass is 9.84. The van der Waals surface area contributed by atoms with Gasteiger partial charge < -0.3 is 19.6 Å². The molecule has 5 heteroatoms. The Balaban J connectivity index is 2.11. The highest BCUT2D eigenvalue weighted by atomic mass is 16.7. The van der Waals surface area contributed by atoms with Gasteiger partial charge in [0.05, 0.1) is 18.6 Å². The highest BCUT2D eigenvalue weighted by Gasteiger charge is 2.39. The summed E-state index contributed by atoms with van der Waals surface area (Å²) in [6.45, 7) is 6.35. The molecular formula is C18H24N2O3. The van der Waals surface area contributed by atoms with Crippen molar-refractivity contribution in [1.29, 1.82) is 0 Å². The Hall–Kier alpha value is -1.85. The van der Waals surface area contributed by atoms with Crippen LogP contribution in [0.2, 0.25) is 0 Å². The van der Waals surface area contributed by atoms with Crippen LogP contribution in [-0.4, -0.2) is 20.9 Å². The number of H-pyrrole nitrogens is 1. The molecule has 1 unspecified atom stereocenters. The minimum atomic E-state index is -1.17. The van der Waals surface area contributed by atoms with Crippen molar-refractivity contribution in [2.45, 2.75) is 58.0 Å². The van der Waals surface area contributed by atoms with E-state index in [-0.39, 0.29) is 0 Å². The number of ether oxygens (including phenoxy) is 2. The highest BCUT2D eigenvalue weighted by Crippen LogP contribution is 2.43. The zero-order valence-corrected chi connectivity index (χ0v) is 13.9. The van der Waals surface area contributed by atoms with E-state index in [2.05, 4.69) is 16.9 Å². The highest BCUT2D eigenvalue weighted by molar-refractivity contribution is 5.48. The maximum absolute atomic E-state index is 11.5.